The normalized spacial score (nSPS) is 19.2. The van der Waals surface area contributed by atoms with Gasteiger partial charge in [-0.05, 0) is 19.4 Å². The molecule has 1 aromatic heterocycles. The highest BCUT2D eigenvalue weighted by Crippen LogP contribution is 2.16. The van der Waals surface area contributed by atoms with Crippen molar-refractivity contribution in [2.75, 3.05) is 19.8 Å². The van der Waals surface area contributed by atoms with E-state index >= 15 is 0 Å². The fourth-order valence-corrected chi connectivity index (χ4v) is 1.89. The van der Waals surface area contributed by atoms with Gasteiger partial charge in [0.25, 0.3) is 0 Å². The van der Waals surface area contributed by atoms with Crippen molar-refractivity contribution in [1.29, 1.82) is 0 Å². The zero-order valence-corrected chi connectivity index (χ0v) is 10.6. The van der Waals surface area contributed by atoms with Crippen LogP contribution in [0.3, 0.4) is 0 Å². The molecule has 0 amide bonds. The molecule has 1 saturated heterocycles. The Kier molecular flexibility index (Phi) is 3.91. The fraction of sp³-hybridized carbons (Fsp3) is 0.500. The Morgan fingerprint density at radius 3 is 3.12 bits per heavy atom. The standard InChI is InChI=1S/C12H16N2O2S/c1-8-4-10(12(13)17)5-11(14-8)16-7-9-2-3-15-6-9/h4-5,9H,2-3,6-7H2,1H3,(H2,13,17). The summed E-state index contributed by atoms with van der Waals surface area (Å²) < 4.78 is 10.9. The maximum atomic E-state index is 5.66. The Balaban J connectivity index is 2.01. The molecule has 92 valence electrons. The Hall–Kier alpha value is -1.20. The molecule has 0 spiro atoms. The molecule has 0 aromatic carbocycles. The van der Waals surface area contributed by atoms with E-state index in [9.17, 15) is 0 Å². The number of nitrogens with two attached hydrogens (primary N) is 1. The SMILES string of the molecule is Cc1cc(C(N)=S)cc(OCC2CCOC2)n1. The van der Waals surface area contributed by atoms with Gasteiger partial charge in [-0.25, -0.2) is 4.98 Å². The van der Waals surface area contributed by atoms with E-state index in [0.29, 0.717) is 23.4 Å². The molecule has 2 heterocycles. The van der Waals surface area contributed by atoms with E-state index in [-0.39, 0.29) is 0 Å². The van der Waals surface area contributed by atoms with E-state index in [1.54, 1.807) is 6.07 Å². The lowest BCUT2D eigenvalue weighted by Gasteiger charge is -2.11. The van der Waals surface area contributed by atoms with Gasteiger partial charge in [0.2, 0.25) is 5.88 Å². The van der Waals surface area contributed by atoms with Crippen LogP contribution in [0.2, 0.25) is 0 Å². The highest BCUT2D eigenvalue weighted by atomic mass is 32.1. The largest absolute Gasteiger partial charge is 0.477 e. The van der Waals surface area contributed by atoms with Crippen LogP contribution >= 0.6 is 12.2 Å². The lowest BCUT2D eigenvalue weighted by Crippen LogP contribution is -2.14. The van der Waals surface area contributed by atoms with Gasteiger partial charge in [-0.3, -0.25) is 0 Å². The van der Waals surface area contributed by atoms with Crippen molar-refractivity contribution >= 4 is 17.2 Å². The summed E-state index contributed by atoms with van der Waals surface area (Å²) in [6, 6.07) is 3.64. The minimum atomic E-state index is 0.365. The highest BCUT2D eigenvalue weighted by molar-refractivity contribution is 7.80. The first-order valence-electron chi connectivity index (χ1n) is 5.64. The van der Waals surface area contributed by atoms with Crippen LogP contribution in [0.5, 0.6) is 5.88 Å². The summed E-state index contributed by atoms with van der Waals surface area (Å²) in [5.41, 5.74) is 7.25. The molecule has 5 heteroatoms. The highest BCUT2D eigenvalue weighted by Gasteiger charge is 2.16. The van der Waals surface area contributed by atoms with E-state index in [2.05, 4.69) is 4.98 Å². The van der Waals surface area contributed by atoms with Crippen molar-refractivity contribution in [2.45, 2.75) is 13.3 Å². The molecule has 1 atom stereocenters. The van der Waals surface area contributed by atoms with Crippen molar-refractivity contribution in [1.82, 2.24) is 4.98 Å². The molecule has 0 aliphatic carbocycles. The van der Waals surface area contributed by atoms with Gasteiger partial charge in [0.15, 0.2) is 0 Å². The van der Waals surface area contributed by atoms with Crippen LogP contribution in [0.15, 0.2) is 12.1 Å². The minimum Gasteiger partial charge on any atom is -0.477 e. The molecule has 2 rings (SSSR count). The monoisotopic (exact) mass is 252 g/mol. The molecule has 1 aliphatic heterocycles. The first-order chi connectivity index (χ1) is 8.15. The van der Waals surface area contributed by atoms with Gasteiger partial charge < -0.3 is 15.2 Å². The molecule has 0 bridgehead atoms. The molecule has 2 N–H and O–H groups in total. The van der Waals surface area contributed by atoms with Crippen LogP contribution < -0.4 is 10.5 Å². The molecule has 1 aliphatic rings. The van der Waals surface area contributed by atoms with Crippen LogP contribution in [-0.4, -0.2) is 29.8 Å². The van der Waals surface area contributed by atoms with Crippen LogP contribution in [-0.2, 0) is 4.74 Å². The Morgan fingerprint density at radius 2 is 2.47 bits per heavy atom. The number of pyridine rings is 1. The summed E-state index contributed by atoms with van der Waals surface area (Å²) in [5.74, 6) is 1.05. The van der Waals surface area contributed by atoms with Gasteiger partial charge in [0.05, 0.1) is 13.2 Å². The molecule has 1 unspecified atom stereocenters. The second-order valence-corrected chi connectivity index (χ2v) is 4.68. The number of hydrogen-bond donors (Lipinski definition) is 1. The Bertz CT molecular complexity index is 417. The van der Waals surface area contributed by atoms with Crippen LogP contribution in [0.1, 0.15) is 17.7 Å². The van der Waals surface area contributed by atoms with E-state index in [0.717, 1.165) is 30.9 Å². The number of ether oxygens (including phenoxy) is 2. The van der Waals surface area contributed by atoms with Gasteiger partial charge in [-0.2, -0.15) is 0 Å². The average molecular weight is 252 g/mol. The van der Waals surface area contributed by atoms with Crippen LogP contribution in [0.25, 0.3) is 0 Å². The molecule has 0 saturated carbocycles. The van der Waals surface area contributed by atoms with E-state index < -0.39 is 0 Å². The third-order valence-corrected chi connectivity index (χ3v) is 2.94. The first-order valence-corrected chi connectivity index (χ1v) is 6.05. The summed E-state index contributed by atoms with van der Waals surface area (Å²) in [6.45, 7) is 4.13. The van der Waals surface area contributed by atoms with E-state index in [1.165, 1.54) is 0 Å². The zero-order chi connectivity index (χ0) is 12.3. The van der Waals surface area contributed by atoms with Crippen molar-refractivity contribution < 1.29 is 9.47 Å². The topological polar surface area (TPSA) is 57.4 Å². The molecule has 1 aromatic rings. The Morgan fingerprint density at radius 1 is 1.65 bits per heavy atom. The summed E-state index contributed by atoms with van der Waals surface area (Å²) in [5, 5.41) is 0. The predicted molar refractivity (Wildman–Crippen MR) is 69.3 cm³/mol. The summed E-state index contributed by atoms with van der Waals surface area (Å²) in [4.78, 5) is 4.66. The van der Waals surface area contributed by atoms with Gasteiger partial charge in [-0.15, -0.1) is 0 Å². The van der Waals surface area contributed by atoms with Crippen molar-refractivity contribution in [3.63, 3.8) is 0 Å². The van der Waals surface area contributed by atoms with Crippen LogP contribution in [0.4, 0.5) is 0 Å². The molecular weight excluding hydrogens is 236 g/mol. The van der Waals surface area contributed by atoms with Gasteiger partial charge in [0.1, 0.15) is 4.99 Å². The second-order valence-electron chi connectivity index (χ2n) is 4.24. The van der Waals surface area contributed by atoms with Crippen molar-refractivity contribution in [3.05, 3.63) is 23.4 Å². The summed E-state index contributed by atoms with van der Waals surface area (Å²) in [7, 11) is 0. The second kappa shape index (κ2) is 5.42. The first kappa shape index (κ1) is 12.3. The number of aromatic nitrogens is 1. The number of hydrogen-bond acceptors (Lipinski definition) is 4. The third-order valence-electron chi connectivity index (χ3n) is 2.71. The maximum Gasteiger partial charge on any atom is 0.214 e. The minimum absolute atomic E-state index is 0.365. The van der Waals surface area contributed by atoms with Crippen molar-refractivity contribution in [2.24, 2.45) is 11.7 Å². The third kappa shape index (κ3) is 3.38. The van der Waals surface area contributed by atoms with E-state index in [1.807, 2.05) is 13.0 Å². The summed E-state index contributed by atoms with van der Waals surface area (Å²) in [6.07, 6.45) is 1.05. The van der Waals surface area contributed by atoms with E-state index in [4.69, 9.17) is 27.4 Å². The fourth-order valence-electron chi connectivity index (χ4n) is 1.77. The smallest absolute Gasteiger partial charge is 0.214 e. The lowest BCUT2D eigenvalue weighted by molar-refractivity contribution is 0.165. The van der Waals surface area contributed by atoms with Crippen LogP contribution in [0, 0.1) is 12.8 Å². The lowest BCUT2D eigenvalue weighted by atomic mass is 10.1. The predicted octanol–water partition coefficient (Wildman–Crippen LogP) is 1.44. The molecule has 17 heavy (non-hydrogen) atoms. The molecule has 0 radical (unpaired) electrons. The van der Waals surface area contributed by atoms with Gasteiger partial charge in [0, 0.05) is 29.8 Å². The number of thiocarbonyl (C=S) groups is 1. The quantitative estimate of drug-likeness (QED) is 0.822. The maximum absolute atomic E-state index is 5.66. The average Bonchev–Trinajstić information content (AvgIpc) is 2.78. The van der Waals surface area contributed by atoms with Gasteiger partial charge in [-0.1, -0.05) is 12.2 Å². The van der Waals surface area contributed by atoms with Crippen molar-refractivity contribution in [3.8, 4) is 5.88 Å². The Labute approximate surface area is 106 Å². The number of aryl methyl sites for hydroxylation is 1. The number of nitrogens with zero attached hydrogens (tertiary/aromatic N) is 1. The van der Waals surface area contributed by atoms with Gasteiger partial charge >= 0.3 is 0 Å². The summed E-state index contributed by atoms with van der Waals surface area (Å²) >= 11 is 4.95. The molecular formula is C12H16N2O2S. The molecule has 4 nitrogen and oxygen atoms in total. The number of rotatable bonds is 4. The molecule has 1 fully saturated rings. The zero-order valence-electron chi connectivity index (χ0n) is 9.81.